The molecule has 1 saturated heterocycles. The third kappa shape index (κ3) is 2.82. The Hall–Kier alpha value is -2.34. The normalized spacial score (nSPS) is 16.0. The van der Waals surface area contributed by atoms with E-state index in [9.17, 15) is 4.79 Å². The second kappa shape index (κ2) is 5.81. The van der Waals surface area contributed by atoms with E-state index in [4.69, 9.17) is 5.73 Å². The number of hydrogen-bond acceptors (Lipinski definition) is 4. The van der Waals surface area contributed by atoms with E-state index in [1.54, 1.807) is 10.7 Å². The van der Waals surface area contributed by atoms with E-state index < -0.39 is 0 Å². The van der Waals surface area contributed by atoms with Crippen LogP contribution in [0.15, 0.2) is 30.3 Å². The van der Waals surface area contributed by atoms with Crippen LogP contribution in [0.4, 0.5) is 5.82 Å². The number of anilines is 1. The predicted octanol–water partition coefficient (Wildman–Crippen LogP) is 1.15. The molecule has 1 amide bonds. The zero-order chi connectivity index (χ0) is 15.7. The number of benzene rings is 1. The van der Waals surface area contributed by atoms with Crippen molar-refractivity contribution in [2.24, 2.45) is 0 Å². The van der Waals surface area contributed by atoms with Gasteiger partial charge in [0.25, 0.3) is 5.91 Å². The molecule has 2 aromatic rings. The molecule has 22 heavy (non-hydrogen) atoms. The molecule has 1 aromatic heterocycles. The molecule has 6 nitrogen and oxygen atoms in total. The molecule has 0 unspecified atom stereocenters. The van der Waals surface area contributed by atoms with Crippen molar-refractivity contribution in [3.8, 4) is 5.69 Å². The molecule has 0 aliphatic carbocycles. The van der Waals surface area contributed by atoms with Crippen molar-refractivity contribution < 1.29 is 4.79 Å². The SMILES string of the molecule is Cc1cccc(-n2nc(C(=O)N3CCN(C)CC3)cc2N)c1. The lowest BCUT2D eigenvalue weighted by Crippen LogP contribution is -2.47. The van der Waals surface area contributed by atoms with Gasteiger partial charge in [-0.25, -0.2) is 4.68 Å². The van der Waals surface area contributed by atoms with Crippen molar-refractivity contribution in [3.05, 3.63) is 41.6 Å². The standard InChI is InChI=1S/C16H21N5O/c1-12-4-3-5-13(10-12)21-15(17)11-14(18-21)16(22)20-8-6-19(2)7-9-20/h3-5,10-11H,6-9,17H2,1-2H3. The first kappa shape index (κ1) is 14.6. The number of aryl methyl sites for hydroxylation is 1. The van der Waals surface area contributed by atoms with Crippen molar-refractivity contribution in [1.82, 2.24) is 19.6 Å². The van der Waals surface area contributed by atoms with Gasteiger partial charge in [0.2, 0.25) is 0 Å². The van der Waals surface area contributed by atoms with E-state index >= 15 is 0 Å². The van der Waals surface area contributed by atoms with Crippen LogP contribution in [0.3, 0.4) is 0 Å². The summed E-state index contributed by atoms with van der Waals surface area (Å²) < 4.78 is 1.62. The van der Waals surface area contributed by atoms with Crippen molar-refractivity contribution in [3.63, 3.8) is 0 Å². The average Bonchev–Trinajstić information content (AvgIpc) is 2.89. The van der Waals surface area contributed by atoms with Gasteiger partial charge in [-0.1, -0.05) is 12.1 Å². The van der Waals surface area contributed by atoms with Gasteiger partial charge in [-0.05, 0) is 31.7 Å². The Kier molecular flexibility index (Phi) is 3.85. The number of carbonyl (C=O) groups excluding carboxylic acids is 1. The first-order valence-electron chi connectivity index (χ1n) is 7.45. The zero-order valence-corrected chi connectivity index (χ0v) is 13.0. The number of hydrogen-bond donors (Lipinski definition) is 1. The number of amides is 1. The fourth-order valence-electron chi connectivity index (χ4n) is 2.64. The monoisotopic (exact) mass is 299 g/mol. The zero-order valence-electron chi connectivity index (χ0n) is 13.0. The summed E-state index contributed by atoms with van der Waals surface area (Å²) in [6.07, 6.45) is 0. The largest absolute Gasteiger partial charge is 0.384 e. The first-order chi connectivity index (χ1) is 10.5. The number of aromatic nitrogens is 2. The van der Waals surface area contributed by atoms with Crippen LogP contribution in [-0.4, -0.2) is 58.7 Å². The van der Waals surface area contributed by atoms with Gasteiger partial charge in [-0.2, -0.15) is 5.10 Å². The lowest BCUT2D eigenvalue weighted by molar-refractivity contribution is 0.0658. The van der Waals surface area contributed by atoms with Gasteiger partial charge >= 0.3 is 0 Å². The van der Waals surface area contributed by atoms with Crippen LogP contribution in [0.1, 0.15) is 16.1 Å². The Morgan fingerprint density at radius 3 is 2.59 bits per heavy atom. The highest BCUT2D eigenvalue weighted by Crippen LogP contribution is 2.17. The summed E-state index contributed by atoms with van der Waals surface area (Å²) in [5.74, 6) is 0.425. The van der Waals surface area contributed by atoms with Crippen LogP contribution in [0.2, 0.25) is 0 Å². The van der Waals surface area contributed by atoms with Gasteiger partial charge in [0.15, 0.2) is 5.69 Å². The minimum absolute atomic E-state index is 0.0498. The van der Waals surface area contributed by atoms with Gasteiger partial charge < -0.3 is 15.5 Å². The Labute approximate surface area is 130 Å². The topological polar surface area (TPSA) is 67.4 Å². The molecule has 1 aliphatic rings. The fourth-order valence-corrected chi connectivity index (χ4v) is 2.64. The third-order valence-electron chi connectivity index (χ3n) is 3.99. The van der Waals surface area contributed by atoms with Gasteiger partial charge in [-0.15, -0.1) is 0 Å². The number of nitrogens with zero attached hydrogens (tertiary/aromatic N) is 4. The van der Waals surface area contributed by atoms with E-state index in [2.05, 4.69) is 17.0 Å². The average molecular weight is 299 g/mol. The molecule has 2 heterocycles. The molecular weight excluding hydrogens is 278 g/mol. The van der Waals surface area contributed by atoms with Crippen LogP contribution in [0.5, 0.6) is 0 Å². The summed E-state index contributed by atoms with van der Waals surface area (Å²) in [6.45, 7) is 5.25. The highest BCUT2D eigenvalue weighted by Gasteiger charge is 2.23. The second-order valence-electron chi connectivity index (χ2n) is 5.80. The van der Waals surface area contributed by atoms with Crippen molar-refractivity contribution in [2.45, 2.75) is 6.92 Å². The molecule has 1 fully saturated rings. The third-order valence-corrected chi connectivity index (χ3v) is 3.99. The number of likely N-dealkylation sites (N-methyl/N-ethyl adjacent to an activating group) is 1. The van der Waals surface area contributed by atoms with Crippen LogP contribution in [0.25, 0.3) is 5.69 Å². The summed E-state index contributed by atoms with van der Waals surface area (Å²) >= 11 is 0. The Morgan fingerprint density at radius 1 is 1.18 bits per heavy atom. The Morgan fingerprint density at radius 2 is 1.91 bits per heavy atom. The van der Waals surface area contributed by atoms with E-state index in [0.717, 1.165) is 37.4 Å². The molecule has 2 N–H and O–H groups in total. The van der Waals surface area contributed by atoms with Gasteiger partial charge in [0.05, 0.1) is 5.69 Å². The molecule has 1 aliphatic heterocycles. The summed E-state index contributed by atoms with van der Waals surface area (Å²) in [6, 6.07) is 9.55. The summed E-state index contributed by atoms with van der Waals surface area (Å²) in [5.41, 5.74) is 8.44. The smallest absolute Gasteiger partial charge is 0.274 e. The van der Waals surface area contributed by atoms with Gasteiger partial charge in [0.1, 0.15) is 5.82 Å². The van der Waals surface area contributed by atoms with E-state index in [1.165, 1.54) is 0 Å². The maximum atomic E-state index is 12.5. The molecule has 1 aromatic carbocycles. The van der Waals surface area contributed by atoms with Crippen LogP contribution < -0.4 is 5.73 Å². The van der Waals surface area contributed by atoms with E-state index in [1.807, 2.05) is 36.1 Å². The number of piperazine rings is 1. The summed E-state index contributed by atoms with van der Waals surface area (Å²) in [7, 11) is 2.06. The van der Waals surface area contributed by atoms with E-state index in [0.29, 0.717) is 11.5 Å². The Bertz CT molecular complexity index is 686. The number of nitrogens with two attached hydrogens (primary N) is 1. The molecule has 0 saturated carbocycles. The van der Waals surface area contributed by atoms with Crippen LogP contribution in [0, 0.1) is 6.92 Å². The van der Waals surface area contributed by atoms with Gasteiger partial charge in [0, 0.05) is 32.2 Å². The summed E-state index contributed by atoms with van der Waals surface area (Å²) in [4.78, 5) is 16.6. The molecule has 6 heteroatoms. The maximum Gasteiger partial charge on any atom is 0.274 e. The molecule has 116 valence electrons. The fraction of sp³-hybridized carbons (Fsp3) is 0.375. The second-order valence-corrected chi connectivity index (χ2v) is 5.80. The van der Waals surface area contributed by atoms with E-state index in [-0.39, 0.29) is 5.91 Å². The maximum absolute atomic E-state index is 12.5. The molecule has 3 rings (SSSR count). The van der Waals surface area contributed by atoms with Crippen LogP contribution >= 0.6 is 0 Å². The van der Waals surface area contributed by atoms with Crippen molar-refractivity contribution in [2.75, 3.05) is 39.0 Å². The lowest BCUT2D eigenvalue weighted by Gasteiger charge is -2.31. The highest BCUT2D eigenvalue weighted by atomic mass is 16.2. The lowest BCUT2D eigenvalue weighted by atomic mass is 10.2. The van der Waals surface area contributed by atoms with Crippen molar-refractivity contribution in [1.29, 1.82) is 0 Å². The van der Waals surface area contributed by atoms with Gasteiger partial charge in [-0.3, -0.25) is 4.79 Å². The molecule has 0 bridgehead atoms. The first-order valence-corrected chi connectivity index (χ1v) is 7.45. The summed E-state index contributed by atoms with van der Waals surface area (Å²) in [5, 5.41) is 4.40. The molecule has 0 radical (unpaired) electrons. The number of carbonyl (C=O) groups is 1. The molecule has 0 atom stereocenters. The quantitative estimate of drug-likeness (QED) is 0.903. The number of rotatable bonds is 2. The molecular formula is C16H21N5O. The highest BCUT2D eigenvalue weighted by molar-refractivity contribution is 5.93. The number of nitrogen functional groups attached to an aromatic ring is 1. The molecule has 0 spiro atoms. The predicted molar refractivity (Wildman–Crippen MR) is 86.1 cm³/mol. The van der Waals surface area contributed by atoms with Crippen molar-refractivity contribution >= 4 is 11.7 Å². The Balaban J connectivity index is 1.84. The van der Waals surface area contributed by atoms with Crippen LogP contribution in [-0.2, 0) is 0 Å². The minimum Gasteiger partial charge on any atom is -0.384 e. The minimum atomic E-state index is -0.0498.